The first kappa shape index (κ1) is 14.5. The number of aliphatic hydroxyl groups excluding tert-OH is 1. The van der Waals surface area contributed by atoms with Gasteiger partial charge >= 0.3 is 0 Å². The van der Waals surface area contributed by atoms with Crippen molar-refractivity contribution in [3.05, 3.63) is 0 Å². The summed E-state index contributed by atoms with van der Waals surface area (Å²) >= 11 is 0. The Balaban J connectivity index is 2.19. The van der Waals surface area contributed by atoms with E-state index in [-0.39, 0.29) is 24.5 Å². The maximum Gasteiger partial charge on any atom is 0.220 e. The quantitative estimate of drug-likeness (QED) is 0.673. The number of amides is 1. The van der Waals surface area contributed by atoms with Crippen molar-refractivity contribution in [3.63, 3.8) is 0 Å². The number of hydrogen-bond acceptors (Lipinski definition) is 2. The lowest BCUT2D eigenvalue weighted by atomic mass is 9.85. The second-order valence-corrected chi connectivity index (χ2v) is 5.21. The minimum Gasteiger partial charge on any atom is -0.396 e. The average Bonchev–Trinajstić information content (AvgIpc) is 2.35. The summed E-state index contributed by atoms with van der Waals surface area (Å²) in [4.78, 5) is 11.7. The van der Waals surface area contributed by atoms with Gasteiger partial charge in [-0.05, 0) is 19.3 Å². The van der Waals surface area contributed by atoms with Gasteiger partial charge in [-0.3, -0.25) is 4.79 Å². The van der Waals surface area contributed by atoms with Crippen molar-refractivity contribution in [2.75, 3.05) is 6.61 Å². The van der Waals surface area contributed by atoms with E-state index in [0.29, 0.717) is 6.42 Å². The third-order valence-corrected chi connectivity index (χ3v) is 3.75. The van der Waals surface area contributed by atoms with Crippen LogP contribution in [-0.2, 0) is 4.79 Å². The molecule has 0 aromatic heterocycles. The highest BCUT2D eigenvalue weighted by Crippen LogP contribution is 2.24. The van der Waals surface area contributed by atoms with Crippen LogP contribution in [0, 0.1) is 5.92 Å². The van der Waals surface area contributed by atoms with Gasteiger partial charge in [0.15, 0.2) is 0 Å². The first-order chi connectivity index (χ1) is 8.27. The molecule has 1 aliphatic rings. The van der Waals surface area contributed by atoms with Crippen LogP contribution in [0.25, 0.3) is 0 Å². The van der Waals surface area contributed by atoms with E-state index in [9.17, 15) is 9.90 Å². The molecule has 3 heteroatoms. The summed E-state index contributed by atoms with van der Waals surface area (Å²) in [6.45, 7) is 2.38. The molecule has 2 unspecified atom stereocenters. The minimum absolute atomic E-state index is 0.173. The molecule has 0 aromatic rings. The van der Waals surface area contributed by atoms with Gasteiger partial charge in [-0.1, -0.05) is 39.0 Å². The summed E-state index contributed by atoms with van der Waals surface area (Å²) in [6, 6.07) is 0.215. The second-order valence-electron chi connectivity index (χ2n) is 5.21. The Morgan fingerprint density at radius 3 is 2.71 bits per heavy atom. The lowest BCUT2D eigenvalue weighted by Crippen LogP contribution is -2.43. The number of nitrogens with one attached hydrogen (secondary N) is 1. The van der Waals surface area contributed by atoms with Gasteiger partial charge in [-0.25, -0.2) is 0 Å². The minimum atomic E-state index is 0.173. The summed E-state index contributed by atoms with van der Waals surface area (Å²) in [5, 5.41) is 12.4. The molecule has 0 aromatic carbocycles. The topological polar surface area (TPSA) is 49.3 Å². The van der Waals surface area contributed by atoms with Crippen LogP contribution in [0.4, 0.5) is 0 Å². The highest BCUT2D eigenvalue weighted by molar-refractivity contribution is 5.76. The Bertz CT molecular complexity index is 218. The van der Waals surface area contributed by atoms with E-state index in [4.69, 9.17) is 0 Å². The molecule has 2 atom stereocenters. The number of unbranched alkanes of at least 4 members (excludes halogenated alkanes) is 3. The highest BCUT2D eigenvalue weighted by atomic mass is 16.3. The molecule has 0 bridgehead atoms. The van der Waals surface area contributed by atoms with Crippen LogP contribution in [0.15, 0.2) is 0 Å². The summed E-state index contributed by atoms with van der Waals surface area (Å²) in [5.41, 5.74) is 0. The molecule has 1 saturated carbocycles. The molecule has 1 amide bonds. The molecular weight excluding hydrogens is 214 g/mol. The van der Waals surface area contributed by atoms with Gasteiger partial charge in [0.2, 0.25) is 5.91 Å². The normalized spacial score (nSPS) is 24.6. The maximum absolute atomic E-state index is 11.7. The third-order valence-electron chi connectivity index (χ3n) is 3.75. The molecule has 0 radical (unpaired) electrons. The predicted octanol–water partition coefficient (Wildman–Crippen LogP) is 2.62. The number of hydrogen-bond donors (Lipinski definition) is 2. The molecule has 0 heterocycles. The van der Waals surface area contributed by atoms with E-state index in [0.717, 1.165) is 25.7 Å². The monoisotopic (exact) mass is 241 g/mol. The third kappa shape index (κ3) is 5.53. The molecule has 0 saturated heterocycles. The van der Waals surface area contributed by atoms with Crippen LogP contribution < -0.4 is 5.32 Å². The highest BCUT2D eigenvalue weighted by Gasteiger charge is 2.25. The van der Waals surface area contributed by atoms with Gasteiger partial charge < -0.3 is 10.4 Å². The zero-order chi connectivity index (χ0) is 12.5. The summed E-state index contributed by atoms with van der Waals surface area (Å²) < 4.78 is 0. The summed E-state index contributed by atoms with van der Waals surface area (Å²) in [6.07, 6.45) is 9.67. The van der Waals surface area contributed by atoms with E-state index in [1.54, 1.807) is 0 Å². The lowest BCUT2D eigenvalue weighted by Gasteiger charge is -2.30. The van der Waals surface area contributed by atoms with E-state index >= 15 is 0 Å². The van der Waals surface area contributed by atoms with Crippen LogP contribution in [0.1, 0.15) is 64.7 Å². The predicted molar refractivity (Wildman–Crippen MR) is 69.7 cm³/mol. The fourth-order valence-electron chi connectivity index (χ4n) is 2.61. The molecule has 0 aliphatic heterocycles. The van der Waals surface area contributed by atoms with E-state index < -0.39 is 0 Å². The number of aliphatic hydroxyl groups is 1. The zero-order valence-corrected chi connectivity index (χ0v) is 11.1. The first-order valence-electron chi connectivity index (χ1n) is 7.18. The summed E-state index contributed by atoms with van der Waals surface area (Å²) in [5.74, 6) is 0.454. The molecular formula is C14H27NO2. The standard InChI is InChI=1S/C14H27NO2/c1-2-3-4-5-10-14(17)15-13-9-7-6-8-12(13)11-16/h12-13,16H,2-11H2,1H3,(H,15,17). The Hall–Kier alpha value is -0.570. The molecule has 100 valence electrons. The molecule has 17 heavy (non-hydrogen) atoms. The van der Waals surface area contributed by atoms with Crippen molar-refractivity contribution in [1.82, 2.24) is 5.32 Å². The van der Waals surface area contributed by atoms with Gasteiger partial charge in [-0.2, -0.15) is 0 Å². The van der Waals surface area contributed by atoms with Crippen molar-refractivity contribution < 1.29 is 9.90 Å². The number of rotatable bonds is 7. The van der Waals surface area contributed by atoms with E-state index in [1.807, 2.05) is 0 Å². The number of carbonyl (C=O) groups excluding carboxylic acids is 1. The molecule has 2 N–H and O–H groups in total. The Labute approximate surface area is 105 Å². The van der Waals surface area contributed by atoms with Gasteiger partial charge in [0, 0.05) is 25.0 Å². The van der Waals surface area contributed by atoms with Gasteiger partial charge in [0.1, 0.15) is 0 Å². The molecule has 0 spiro atoms. The van der Waals surface area contributed by atoms with Crippen LogP contribution in [0.5, 0.6) is 0 Å². The molecule has 1 rings (SSSR count). The van der Waals surface area contributed by atoms with Crippen LogP contribution in [0.3, 0.4) is 0 Å². The maximum atomic E-state index is 11.7. The fraction of sp³-hybridized carbons (Fsp3) is 0.929. The smallest absolute Gasteiger partial charge is 0.220 e. The molecule has 1 fully saturated rings. The second kappa shape index (κ2) is 8.51. The van der Waals surface area contributed by atoms with E-state index in [2.05, 4.69) is 12.2 Å². The van der Waals surface area contributed by atoms with Crippen LogP contribution in [0.2, 0.25) is 0 Å². The van der Waals surface area contributed by atoms with Crippen LogP contribution in [-0.4, -0.2) is 23.7 Å². The lowest BCUT2D eigenvalue weighted by molar-refractivity contribution is -0.122. The van der Waals surface area contributed by atoms with Crippen molar-refractivity contribution in [3.8, 4) is 0 Å². The van der Waals surface area contributed by atoms with Crippen molar-refractivity contribution in [1.29, 1.82) is 0 Å². The van der Waals surface area contributed by atoms with Gasteiger partial charge in [0.25, 0.3) is 0 Å². The average molecular weight is 241 g/mol. The first-order valence-corrected chi connectivity index (χ1v) is 7.18. The largest absolute Gasteiger partial charge is 0.396 e. The van der Waals surface area contributed by atoms with Crippen molar-refractivity contribution in [2.45, 2.75) is 70.8 Å². The Morgan fingerprint density at radius 2 is 2.00 bits per heavy atom. The van der Waals surface area contributed by atoms with Crippen molar-refractivity contribution >= 4 is 5.91 Å². The SMILES string of the molecule is CCCCCCC(=O)NC1CCCCC1CO. The van der Waals surface area contributed by atoms with Gasteiger partial charge in [-0.15, -0.1) is 0 Å². The van der Waals surface area contributed by atoms with Gasteiger partial charge in [0.05, 0.1) is 0 Å². The fourth-order valence-corrected chi connectivity index (χ4v) is 2.61. The molecule has 3 nitrogen and oxygen atoms in total. The molecule has 1 aliphatic carbocycles. The zero-order valence-electron chi connectivity index (χ0n) is 11.1. The summed E-state index contributed by atoms with van der Waals surface area (Å²) in [7, 11) is 0. The van der Waals surface area contributed by atoms with E-state index in [1.165, 1.54) is 25.7 Å². The van der Waals surface area contributed by atoms with Crippen LogP contribution >= 0.6 is 0 Å². The Kier molecular flexibility index (Phi) is 7.25. The van der Waals surface area contributed by atoms with Crippen molar-refractivity contribution in [2.24, 2.45) is 5.92 Å². The Morgan fingerprint density at radius 1 is 1.24 bits per heavy atom. The number of carbonyl (C=O) groups is 1.